The van der Waals surface area contributed by atoms with Gasteiger partial charge in [-0.1, -0.05) is 119 Å². The highest BCUT2D eigenvalue weighted by atomic mass is 127. The topological polar surface area (TPSA) is 96.0 Å². The Morgan fingerprint density at radius 3 is 1.30 bits per heavy atom. The third kappa shape index (κ3) is 14.3. The molecule has 0 saturated carbocycles. The number of aryl methyl sites for hydroxylation is 2. The summed E-state index contributed by atoms with van der Waals surface area (Å²) in [6.45, 7) is 32.5. The van der Waals surface area contributed by atoms with Gasteiger partial charge in [0, 0.05) is 20.3 Å². The molecular formula is C58H75IN2O8Si2. The molecule has 4 fully saturated rings. The minimum absolute atomic E-state index is 0.0149. The molecule has 380 valence electrons. The lowest BCUT2D eigenvalue weighted by Crippen LogP contribution is -2.47. The van der Waals surface area contributed by atoms with Crippen molar-refractivity contribution in [3.05, 3.63) is 140 Å². The van der Waals surface area contributed by atoms with Crippen LogP contribution < -0.4 is 0 Å². The van der Waals surface area contributed by atoms with Crippen LogP contribution in [0.2, 0.25) is 36.3 Å². The SMILES string of the molecule is C#Cc1ccc(C)cc1.C[C@H](O[Si](C)(C)C(C)(C)C)[C@@H]1ON(Cc2ccc(I)cc2)[C@@H]2C(=O)OC[C@H]12.Cc1ccc(C#Cc2ccc(CN3O[C@@H]([C@H](C)O[Si](C)(C)C(C)(C)C)[C@H]4COC(=O)[C@H]43)cc2)cc1. The van der Waals surface area contributed by atoms with Gasteiger partial charge in [-0.05, 0) is 146 Å². The third-order valence-electron chi connectivity index (χ3n) is 14.8. The molecule has 4 aromatic rings. The largest absolute Gasteiger partial charge is 0.464 e. The number of terminal acetylenes is 1. The first-order valence-corrected chi connectivity index (χ1v) is 31.7. The maximum atomic E-state index is 12.6. The van der Waals surface area contributed by atoms with E-state index in [1.807, 2.05) is 67.6 Å². The van der Waals surface area contributed by atoms with Gasteiger partial charge in [-0.25, -0.2) is 0 Å². The molecular weight excluding hydrogens is 1040 g/mol. The first-order chi connectivity index (χ1) is 33.3. The van der Waals surface area contributed by atoms with Crippen molar-refractivity contribution in [2.45, 2.75) is 155 Å². The number of nitrogens with zero attached hydrogens (tertiary/aromatic N) is 2. The molecule has 4 aliphatic rings. The lowest BCUT2D eigenvalue weighted by atomic mass is 9.95. The van der Waals surface area contributed by atoms with Gasteiger partial charge in [0.1, 0.15) is 24.3 Å². The van der Waals surface area contributed by atoms with Crippen molar-refractivity contribution in [2.24, 2.45) is 11.8 Å². The van der Waals surface area contributed by atoms with Crippen LogP contribution in [0.1, 0.15) is 94.3 Å². The smallest absolute Gasteiger partial charge is 0.326 e. The molecule has 0 aliphatic carbocycles. The highest BCUT2D eigenvalue weighted by Crippen LogP contribution is 2.43. The average molecular weight is 1110 g/mol. The van der Waals surface area contributed by atoms with Crippen LogP contribution in [0.15, 0.2) is 97.1 Å². The summed E-state index contributed by atoms with van der Waals surface area (Å²) in [6, 6.07) is 31.7. The van der Waals surface area contributed by atoms with E-state index in [-0.39, 0.29) is 64.3 Å². The van der Waals surface area contributed by atoms with Gasteiger partial charge in [-0.15, -0.1) is 6.42 Å². The Kier molecular flexibility index (Phi) is 18.5. The number of halogens is 1. The van der Waals surface area contributed by atoms with E-state index in [1.54, 1.807) is 10.1 Å². The number of ether oxygens (including phenoxy) is 2. The molecule has 0 bridgehead atoms. The van der Waals surface area contributed by atoms with Crippen molar-refractivity contribution in [3.63, 3.8) is 0 Å². The van der Waals surface area contributed by atoms with Crippen LogP contribution in [0.3, 0.4) is 0 Å². The van der Waals surface area contributed by atoms with Crippen molar-refractivity contribution in [1.29, 1.82) is 0 Å². The number of cyclic esters (lactones) is 2. The Morgan fingerprint density at radius 2 is 0.944 bits per heavy atom. The monoisotopic (exact) mass is 1110 g/mol. The second-order valence-electron chi connectivity index (χ2n) is 22.4. The minimum atomic E-state index is -1.97. The van der Waals surface area contributed by atoms with Crippen LogP contribution in [0.4, 0.5) is 0 Å². The highest BCUT2D eigenvalue weighted by Gasteiger charge is 2.57. The Hall–Kier alpha value is -4.14. The zero-order valence-electron chi connectivity index (χ0n) is 44.3. The number of carbonyl (C=O) groups is 2. The van der Waals surface area contributed by atoms with Crippen molar-refractivity contribution in [2.75, 3.05) is 13.2 Å². The zero-order valence-corrected chi connectivity index (χ0v) is 48.5. The molecule has 0 unspecified atom stereocenters. The molecule has 4 aromatic carbocycles. The molecule has 0 N–H and O–H groups in total. The van der Waals surface area contributed by atoms with Crippen LogP contribution in [0.5, 0.6) is 0 Å². The Labute approximate surface area is 440 Å². The lowest BCUT2D eigenvalue weighted by molar-refractivity contribution is -0.201. The van der Waals surface area contributed by atoms with Crippen molar-refractivity contribution >= 4 is 51.2 Å². The Morgan fingerprint density at radius 1 is 0.606 bits per heavy atom. The summed E-state index contributed by atoms with van der Waals surface area (Å²) in [5.74, 6) is 8.57. The summed E-state index contributed by atoms with van der Waals surface area (Å²) in [7, 11) is -3.90. The molecule has 0 spiro atoms. The predicted octanol–water partition coefficient (Wildman–Crippen LogP) is 11.8. The van der Waals surface area contributed by atoms with Crippen molar-refractivity contribution < 1.29 is 37.6 Å². The van der Waals surface area contributed by atoms with Gasteiger partial charge in [0.25, 0.3) is 0 Å². The molecule has 4 saturated heterocycles. The number of esters is 2. The quantitative estimate of drug-likeness (QED) is 0.0661. The molecule has 0 radical (unpaired) electrons. The molecule has 8 rings (SSSR count). The number of carbonyl (C=O) groups excluding carboxylic acids is 2. The average Bonchev–Trinajstić information content (AvgIpc) is 4.08. The molecule has 0 aromatic heterocycles. The molecule has 10 nitrogen and oxygen atoms in total. The summed E-state index contributed by atoms with van der Waals surface area (Å²) in [5, 5.41) is 3.83. The van der Waals surface area contributed by atoms with Gasteiger partial charge in [-0.3, -0.25) is 19.3 Å². The van der Waals surface area contributed by atoms with Gasteiger partial charge < -0.3 is 18.3 Å². The number of fused-ring (bicyclic) bond motifs is 2. The molecule has 0 amide bonds. The maximum absolute atomic E-state index is 12.6. The fraction of sp³-hybridized carbons (Fsp3) is 0.483. The number of hydrogen-bond donors (Lipinski definition) is 0. The van der Waals surface area contributed by atoms with E-state index in [1.165, 1.54) is 14.7 Å². The molecule has 13 heteroatoms. The van der Waals surface area contributed by atoms with Crippen LogP contribution >= 0.6 is 22.6 Å². The van der Waals surface area contributed by atoms with Crippen LogP contribution in [0, 0.1) is 53.4 Å². The summed E-state index contributed by atoms with van der Waals surface area (Å²) in [5.41, 5.74) is 7.53. The van der Waals surface area contributed by atoms with Gasteiger partial charge in [-0.2, -0.15) is 10.1 Å². The van der Waals surface area contributed by atoms with E-state index in [4.69, 9.17) is 34.4 Å². The molecule has 4 heterocycles. The fourth-order valence-electron chi connectivity index (χ4n) is 8.50. The van der Waals surface area contributed by atoms with E-state index >= 15 is 0 Å². The fourth-order valence-corrected chi connectivity index (χ4v) is 11.7. The number of hydroxylamine groups is 4. The normalized spacial score (nSPS) is 23.1. The number of benzene rings is 4. The Balaban J connectivity index is 0.000000202. The molecule has 4 aliphatic heterocycles. The first-order valence-electron chi connectivity index (χ1n) is 24.8. The number of rotatable bonds is 10. The van der Waals surface area contributed by atoms with E-state index in [9.17, 15) is 9.59 Å². The highest BCUT2D eigenvalue weighted by molar-refractivity contribution is 14.1. The summed E-state index contributed by atoms with van der Waals surface area (Å²) in [4.78, 5) is 37.6. The summed E-state index contributed by atoms with van der Waals surface area (Å²) >= 11 is 2.29. The minimum Gasteiger partial charge on any atom is -0.464 e. The van der Waals surface area contributed by atoms with Crippen molar-refractivity contribution in [1.82, 2.24) is 10.1 Å². The van der Waals surface area contributed by atoms with E-state index in [0.29, 0.717) is 26.3 Å². The van der Waals surface area contributed by atoms with Crippen LogP contribution in [0.25, 0.3) is 0 Å². The second kappa shape index (κ2) is 23.4. The third-order valence-corrected chi connectivity index (χ3v) is 24.6. The van der Waals surface area contributed by atoms with E-state index in [2.05, 4.69) is 165 Å². The van der Waals surface area contributed by atoms with Crippen LogP contribution in [-0.4, -0.2) is 88.4 Å². The van der Waals surface area contributed by atoms with Gasteiger partial charge in [0.05, 0.1) is 50.3 Å². The van der Waals surface area contributed by atoms with Gasteiger partial charge in [0.15, 0.2) is 16.6 Å². The van der Waals surface area contributed by atoms with Gasteiger partial charge >= 0.3 is 11.9 Å². The van der Waals surface area contributed by atoms with Crippen LogP contribution in [-0.2, 0) is 50.7 Å². The lowest BCUT2D eigenvalue weighted by Gasteiger charge is -2.40. The Bertz CT molecular complexity index is 2540. The summed E-state index contributed by atoms with van der Waals surface area (Å²) < 4.78 is 25.2. The van der Waals surface area contributed by atoms with E-state index in [0.717, 1.165) is 27.8 Å². The first kappa shape index (κ1) is 56.2. The number of hydrogen-bond acceptors (Lipinski definition) is 10. The van der Waals surface area contributed by atoms with E-state index < -0.39 is 22.7 Å². The summed E-state index contributed by atoms with van der Waals surface area (Å²) in [6.07, 6.45) is 4.56. The molecule has 8 atom stereocenters. The molecule has 71 heavy (non-hydrogen) atoms. The second-order valence-corrected chi connectivity index (χ2v) is 33.1. The standard InChI is InChI=1S/C29H37NO4Si.C20H30INO4Si.C9H8/c1-20-8-10-22(11-9-20)12-13-23-14-16-24(17-15-23)18-30-26-25(19-32-28(26)31)27(33-30)21(2)34-35(6,7)29(3,4)5;1-13(26-27(5,6)20(2,3)4)18-16-12-24-19(23)17(16)22(25-18)11-14-7-9-15(21)10-8-14;1-3-9-6-4-8(2)5-7-9/h8-11,14-17,21,25-27H,18-19H2,1-7H3;7-10,13,16-18H,11-12H2,1-6H3;1,4-7H,2H3/t21-,25-,26-,27-;13-,16-,17-,18-;/m00./s1. The predicted molar refractivity (Wildman–Crippen MR) is 295 cm³/mol. The maximum Gasteiger partial charge on any atom is 0.326 e. The zero-order chi connectivity index (χ0) is 52.1. The van der Waals surface area contributed by atoms with Crippen molar-refractivity contribution in [3.8, 4) is 24.2 Å². The van der Waals surface area contributed by atoms with Gasteiger partial charge in [0.2, 0.25) is 0 Å².